The molecule has 154 valence electrons. The molecule has 6 heteroatoms. The number of nitrogens with zero attached hydrogens (tertiary/aromatic N) is 2. The molecule has 0 bridgehead atoms. The molecule has 0 unspecified atom stereocenters. The molecule has 5 nitrogen and oxygen atoms in total. The van der Waals surface area contributed by atoms with Gasteiger partial charge in [-0.1, -0.05) is 58.9 Å². The second-order valence-corrected chi connectivity index (χ2v) is 9.67. The molecule has 3 rings (SSSR count). The Kier molecular flexibility index (Phi) is 5.94. The van der Waals surface area contributed by atoms with Crippen LogP contribution in [0.15, 0.2) is 34.4 Å². The summed E-state index contributed by atoms with van der Waals surface area (Å²) in [5.41, 5.74) is 8.50. The number of thiophene rings is 1. The van der Waals surface area contributed by atoms with Gasteiger partial charge in [0.1, 0.15) is 10.7 Å². The van der Waals surface area contributed by atoms with Crippen molar-refractivity contribution in [3.63, 3.8) is 0 Å². The average Bonchev–Trinajstić information content (AvgIpc) is 3.06. The molecule has 0 atom stereocenters. The van der Waals surface area contributed by atoms with Crippen LogP contribution < -0.4 is 11.3 Å². The minimum atomic E-state index is -0.353. The van der Waals surface area contributed by atoms with Crippen molar-refractivity contribution in [1.82, 2.24) is 9.55 Å². The Morgan fingerprint density at radius 3 is 2.41 bits per heavy atom. The summed E-state index contributed by atoms with van der Waals surface area (Å²) in [5.74, 6) is 0.508. The van der Waals surface area contributed by atoms with Gasteiger partial charge in [0, 0.05) is 29.8 Å². The van der Waals surface area contributed by atoms with Crippen LogP contribution in [0.4, 0.5) is 0 Å². The summed E-state index contributed by atoms with van der Waals surface area (Å²) in [6.45, 7) is 11.0. The quantitative estimate of drug-likeness (QED) is 0.632. The highest BCUT2D eigenvalue weighted by Gasteiger charge is 2.19. The molecule has 3 aromatic rings. The zero-order chi connectivity index (χ0) is 21.3. The van der Waals surface area contributed by atoms with Gasteiger partial charge in [0.25, 0.3) is 5.56 Å². The van der Waals surface area contributed by atoms with E-state index in [0.717, 1.165) is 21.8 Å². The number of hydrogen-bond acceptors (Lipinski definition) is 4. The second-order valence-electron chi connectivity index (χ2n) is 8.81. The Bertz CT molecular complexity index is 1090. The van der Waals surface area contributed by atoms with Gasteiger partial charge < -0.3 is 5.73 Å². The van der Waals surface area contributed by atoms with Crippen LogP contribution in [-0.2, 0) is 16.8 Å². The van der Waals surface area contributed by atoms with Gasteiger partial charge in [-0.25, -0.2) is 4.98 Å². The number of benzene rings is 1. The van der Waals surface area contributed by atoms with Gasteiger partial charge in [-0.05, 0) is 23.0 Å². The van der Waals surface area contributed by atoms with Gasteiger partial charge in [0.05, 0.1) is 5.39 Å². The van der Waals surface area contributed by atoms with Crippen molar-refractivity contribution in [1.29, 1.82) is 0 Å². The van der Waals surface area contributed by atoms with Crippen molar-refractivity contribution in [3.8, 4) is 11.1 Å². The van der Waals surface area contributed by atoms with E-state index in [1.807, 2.05) is 19.2 Å². The fourth-order valence-corrected chi connectivity index (χ4v) is 4.42. The van der Waals surface area contributed by atoms with E-state index in [9.17, 15) is 9.59 Å². The third-order valence-corrected chi connectivity index (χ3v) is 5.98. The standard InChI is InChI=1S/C23H29N3O2S/c1-14(2)20-25-21-19(22(28)26(20)12-6-7-18(24)27)17(13-29-21)15-8-10-16(11-9-15)23(3,4)5/h8-11,13-14H,6-7,12H2,1-5H3,(H2,24,27). The highest BCUT2D eigenvalue weighted by Crippen LogP contribution is 2.33. The molecule has 2 heterocycles. The second kappa shape index (κ2) is 8.11. The number of carbonyl (C=O) groups is 1. The number of primary amides is 1. The minimum Gasteiger partial charge on any atom is -0.370 e. The predicted molar refractivity (Wildman–Crippen MR) is 121 cm³/mol. The lowest BCUT2D eigenvalue weighted by atomic mass is 9.86. The summed E-state index contributed by atoms with van der Waals surface area (Å²) in [4.78, 5) is 30.1. The SMILES string of the molecule is CC(C)c1nc2scc(-c3ccc(C(C)(C)C)cc3)c2c(=O)n1CCCC(N)=O. The van der Waals surface area contributed by atoms with Gasteiger partial charge in [-0.2, -0.15) is 0 Å². The zero-order valence-corrected chi connectivity index (χ0v) is 18.6. The molecule has 0 saturated carbocycles. The third-order valence-electron chi connectivity index (χ3n) is 5.11. The Labute approximate surface area is 175 Å². The van der Waals surface area contributed by atoms with Crippen LogP contribution in [-0.4, -0.2) is 15.5 Å². The van der Waals surface area contributed by atoms with Crippen LogP contribution in [0, 0.1) is 0 Å². The zero-order valence-electron chi connectivity index (χ0n) is 17.8. The number of amides is 1. The summed E-state index contributed by atoms with van der Waals surface area (Å²) >= 11 is 1.50. The largest absolute Gasteiger partial charge is 0.370 e. The molecule has 29 heavy (non-hydrogen) atoms. The first kappa shape index (κ1) is 21.2. The molecule has 0 radical (unpaired) electrons. The van der Waals surface area contributed by atoms with Crippen molar-refractivity contribution in [2.24, 2.45) is 5.73 Å². The van der Waals surface area contributed by atoms with E-state index in [1.165, 1.54) is 16.9 Å². The Balaban J connectivity index is 2.11. The molecule has 0 aliphatic carbocycles. The van der Waals surface area contributed by atoms with Gasteiger partial charge in [0.2, 0.25) is 5.91 Å². The maximum Gasteiger partial charge on any atom is 0.262 e. The molecule has 0 aliphatic rings. The first-order valence-corrected chi connectivity index (χ1v) is 10.9. The summed E-state index contributed by atoms with van der Waals surface area (Å²) in [7, 11) is 0. The van der Waals surface area contributed by atoms with E-state index in [4.69, 9.17) is 10.7 Å². The highest BCUT2D eigenvalue weighted by molar-refractivity contribution is 7.17. The van der Waals surface area contributed by atoms with E-state index in [0.29, 0.717) is 18.4 Å². The van der Waals surface area contributed by atoms with Gasteiger partial charge in [0.15, 0.2) is 0 Å². The topological polar surface area (TPSA) is 78.0 Å². The molecular formula is C23H29N3O2S. The molecule has 1 amide bonds. The average molecular weight is 412 g/mol. The van der Waals surface area contributed by atoms with Crippen molar-refractivity contribution < 1.29 is 4.79 Å². The lowest BCUT2D eigenvalue weighted by Crippen LogP contribution is -2.26. The Hall–Kier alpha value is -2.47. The predicted octanol–water partition coefficient (Wildman–Crippen LogP) is 4.81. The normalized spacial score (nSPS) is 12.1. The number of hydrogen-bond donors (Lipinski definition) is 1. The van der Waals surface area contributed by atoms with Gasteiger partial charge in [-0.15, -0.1) is 11.3 Å². The summed E-state index contributed by atoms with van der Waals surface area (Å²) in [6.07, 6.45) is 0.786. The number of rotatable bonds is 6. The number of aromatic nitrogens is 2. The van der Waals surface area contributed by atoms with Crippen LogP contribution in [0.25, 0.3) is 21.3 Å². The maximum atomic E-state index is 13.4. The molecule has 0 spiro atoms. The van der Waals surface area contributed by atoms with Crippen LogP contribution in [0.2, 0.25) is 0 Å². The van der Waals surface area contributed by atoms with E-state index in [-0.39, 0.29) is 29.2 Å². The Morgan fingerprint density at radius 2 is 1.86 bits per heavy atom. The first-order valence-electron chi connectivity index (χ1n) is 10.0. The number of nitrogens with two attached hydrogens (primary N) is 1. The van der Waals surface area contributed by atoms with Crippen LogP contribution >= 0.6 is 11.3 Å². The van der Waals surface area contributed by atoms with Crippen LogP contribution in [0.3, 0.4) is 0 Å². The summed E-state index contributed by atoms with van der Waals surface area (Å²) in [6, 6.07) is 8.41. The molecule has 0 aliphatic heterocycles. The molecule has 0 fully saturated rings. The molecular weight excluding hydrogens is 382 g/mol. The molecule has 2 N–H and O–H groups in total. The third kappa shape index (κ3) is 4.42. The minimum absolute atomic E-state index is 0.0423. The van der Waals surface area contributed by atoms with E-state index >= 15 is 0 Å². The lowest BCUT2D eigenvalue weighted by molar-refractivity contribution is -0.118. The van der Waals surface area contributed by atoms with E-state index in [2.05, 4.69) is 45.0 Å². The summed E-state index contributed by atoms with van der Waals surface area (Å²) < 4.78 is 1.72. The van der Waals surface area contributed by atoms with E-state index in [1.54, 1.807) is 4.57 Å². The van der Waals surface area contributed by atoms with Crippen LogP contribution in [0.1, 0.15) is 64.8 Å². The van der Waals surface area contributed by atoms with E-state index < -0.39 is 0 Å². The fraction of sp³-hybridized carbons (Fsp3) is 0.435. The molecule has 2 aromatic heterocycles. The lowest BCUT2D eigenvalue weighted by Gasteiger charge is -2.19. The first-order chi connectivity index (χ1) is 13.6. The van der Waals surface area contributed by atoms with Crippen molar-refractivity contribution in [3.05, 3.63) is 51.4 Å². The summed E-state index contributed by atoms with van der Waals surface area (Å²) in [5, 5.41) is 2.67. The smallest absolute Gasteiger partial charge is 0.262 e. The van der Waals surface area contributed by atoms with Gasteiger partial charge >= 0.3 is 0 Å². The van der Waals surface area contributed by atoms with Crippen molar-refractivity contribution >= 4 is 27.5 Å². The van der Waals surface area contributed by atoms with Crippen molar-refractivity contribution in [2.75, 3.05) is 0 Å². The van der Waals surface area contributed by atoms with Crippen molar-refractivity contribution in [2.45, 2.75) is 65.3 Å². The maximum absolute atomic E-state index is 13.4. The number of carbonyl (C=O) groups excluding carboxylic acids is 1. The number of fused-ring (bicyclic) bond motifs is 1. The monoisotopic (exact) mass is 411 g/mol. The van der Waals surface area contributed by atoms with Gasteiger partial charge in [-0.3, -0.25) is 14.2 Å². The van der Waals surface area contributed by atoms with Crippen LogP contribution in [0.5, 0.6) is 0 Å². The Morgan fingerprint density at radius 1 is 1.21 bits per heavy atom. The molecule has 1 aromatic carbocycles. The highest BCUT2D eigenvalue weighted by atomic mass is 32.1. The fourth-order valence-electron chi connectivity index (χ4n) is 3.47. The molecule has 0 saturated heterocycles.